The van der Waals surface area contributed by atoms with Crippen LogP contribution in [0, 0.1) is 0 Å². The van der Waals surface area contributed by atoms with E-state index in [0.717, 1.165) is 12.1 Å². The largest absolute Gasteiger partial charge is 0.416 e. The van der Waals surface area contributed by atoms with Crippen molar-refractivity contribution in [3.8, 4) is 0 Å². The minimum absolute atomic E-state index is 0.138. The van der Waals surface area contributed by atoms with Crippen LogP contribution in [0.25, 0.3) is 0 Å². The van der Waals surface area contributed by atoms with E-state index in [1.807, 2.05) is 0 Å². The lowest BCUT2D eigenvalue weighted by Crippen LogP contribution is -2.53. The molecule has 9 heteroatoms. The molecular weight excluding hydrogens is 361 g/mol. The molecule has 2 heterocycles. The maximum Gasteiger partial charge on any atom is 0.416 e. The van der Waals surface area contributed by atoms with Crippen molar-refractivity contribution in [1.82, 2.24) is 10.3 Å². The van der Waals surface area contributed by atoms with Crippen molar-refractivity contribution in [2.75, 3.05) is 30.9 Å². The summed E-state index contributed by atoms with van der Waals surface area (Å²) >= 11 is 0. The first-order valence-electron chi connectivity index (χ1n) is 8.33. The second kappa shape index (κ2) is 7.43. The Hall–Kier alpha value is -2.81. The van der Waals surface area contributed by atoms with Gasteiger partial charge in [0.05, 0.1) is 11.3 Å². The van der Waals surface area contributed by atoms with Crippen LogP contribution in [0.15, 0.2) is 42.6 Å². The van der Waals surface area contributed by atoms with E-state index in [9.17, 15) is 18.0 Å². The van der Waals surface area contributed by atoms with Crippen LogP contribution in [0.2, 0.25) is 0 Å². The van der Waals surface area contributed by atoms with E-state index in [0.29, 0.717) is 31.1 Å². The Balaban J connectivity index is 1.96. The van der Waals surface area contributed by atoms with Crippen molar-refractivity contribution < 1.29 is 22.7 Å². The molecule has 3 N–H and O–H groups in total. The van der Waals surface area contributed by atoms with Gasteiger partial charge in [-0.3, -0.25) is 4.79 Å². The van der Waals surface area contributed by atoms with Crippen LogP contribution in [0.3, 0.4) is 0 Å². The first-order chi connectivity index (χ1) is 12.9. The average Bonchev–Trinajstić information content (AvgIpc) is 3.05. The van der Waals surface area contributed by atoms with Crippen molar-refractivity contribution in [2.24, 2.45) is 0 Å². The number of alkyl halides is 3. The lowest BCUT2D eigenvalue weighted by molar-refractivity contribution is -0.137. The Labute approximate surface area is 154 Å². The predicted molar refractivity (Wildman–Crippen MR) is 94.1 cm³/mol. The third-order valence-corrected chi connectivity index (χ3v) is 4.21. The minimum Gasteiger partial charge on any atom is -0.385 e. The lowest BCUT2D eigenvalue weighted by Gasteiger charge is -2.30. The average molecular weight is 380 g/mol. The molecule has 0 fully saturated rings. The number of anilines is 2. The molecule has 3 rings (SSSR count). The second-order valence-electron chi connectivity index (χ2n) is 6.08. The Morgan fingerprint density at radius 3 is 2.78 bits per heavy atom. The van der Waals surface area contributed by atoms with Gasteiger partial charge in [-0.25, -0.2) is 4.98 Å². The molecule has 0 bridgehead atoms. The maximum atomic E-state index is 13.2. The predicted octanol–water partition coefficient (Wildman–Crippen LogP) is 2.94. The van der Waals surface area contributed by atoms with Gasteiger partial charge in [0.1, 0.15) is 0 Å². The van der Waals surface area contributed by atoms with Crippen molar-refractivity contribution >= 4 is 17.4 Å². The van der Waals surface area contributed by atoms with Gasteiger partial charge in [0.25, 0.3) is 5.91 Å². The number of hydrogen-bond donors (Lipinski definition) is 3. The number of nitrogens with zero attached hydrogens (tertiary/aromatic N) is 1. The van der Waals surface area contributed by atoms with Gasteiger partial charge in [-0.1, -0.05) is 12.1 Å². The fourth-order valence-electron chi connectivity index (χ4n) is 2.89. The third-order valence-electron chi connectivity index (χ3n) is 4.21. The summed E-state index contributed by atoms with van der Waals surface area (Å²) in [6.45, 7) is 0.778. The molecular formula is C18H19F3N4O2. The number of pyridine rings is 1. The van der Waals surface area contributed by atoms with E-state index in [4.69, 9.17) is 4.74 Å². The van der Waals surface area contributed by atoms with Crippen LogP contribution in [-0.2, 0) is 21.4 Å². The third kappa shape index (κ3) is 3.82. The second-order valence-corrected chi connectivity index (χ2v) is 6.08. The number of methoxy groups -OCH3 is 1. The standard InChI is InChI=1S/C18H19F3N4O2/c1-27-10-4-9-23-16(26)17(24-14-7-3-8-22-15(14)25-17)12-5-2-6-13(11-12)18(19,20)21/h2-3,5-8,11,24H,4,9-10H2,1H3,(H,22,25)(H,23,26). The number of fused-ring (bicyclic) bond motifs is 1. The molecule has 1 aromatic heterocycles. The Morgan fingerprint density at radius 2 is 2.07 bits per heavy atom. The van der Waals surface area contributed by atoms with Crippen molar-refractivity contribution in [3.63, 3.8) is 0 Å². The number of ether oxygens (including phenoxy) is 1. The Kier molecular flexibility index (Phi) is 5.22. The molecule has 144 valence electrons. The summed E-state index contributed by atoms with van der Waals surface area (Å²) in [5.74, 6) is -0.113. The van der Waals surface area contributed by atoms with E-state index < -0.39 is 23.3 Å². The number of benzene rings is 1. The highest BCUT2D eigenvalue weighted by atomic mass is 19.4. The van der Waals surface area contributed by atoms with Crippen LogP contribution in [-0.4, -0.2) is 31.2 Å². The molecule has 0 saturated heterocycles. The molecule has 1 atom stereocenters. The molecule has 6 nitrogen and oxygen atoms in total. The zero-order valence-corrected chi connectivity index (χ0v) is 14.6. The van der Waals surface area contributed by atoms with Gasteiger partial charge in [0, 0.05) is 32.0 Å². The summed E-state index contributed by atoms with van der Waals surface area (Å²) in [4.78, 5) is 17.1. The summed E-state index contributed by atoms with van der Waals surface area (Å²) < 4.78 is 44.4. The summed E-state index contributed by atoms with van der Waals surface area (Å²) in [7, 11) is 1.55. The van der Waals surface area contributed by atoms with Gasteiger partial charge < -0.3 is 20.7 Å². The lowest BCUT2D eigenvalue weighted by atomic mass is 9.96. The first-order valence-corrected chi connectivity index (χ1v) is 8.33. The number of carbonyl (C=O) groups is 1. The molecule has 1 aliphatic rings. The monoisotopic (exact) mass is 380 g/mol. The molecule has 1 amide bonds. The highest BCUT2D eigenvalue weighted by Crippen LogP contribution is 2.40. The summed E-state index contributed by atoms with van der Waals surface area (Å²) in [5.41, 5.74) is -1.76. The number of aromatic nitrogens is 1. The number of carbonyl (C=O) groups excluding carboxylic acids is 1. The van der Waals surface area contributed by atoms with E-state index in [2.05, 4.69) is 20.9 Å². The number of halogens is 3. The normalized spacial score (nSPS) is 18.4. The summed E-state index contributed by atoms with van der Waals surface area (Å²) in [5, 5.41) is 8.69. The SMILES string of the molecule is COCCCNC(=O)C1(c2cccc(C(F)(F)F)c2)Nc2cccnc2N1. The number of nitrogens with one attached hydrogen (secondary N) is 3. The van der Waals surface area contributed by atoms with Crippen LogP contribution < -0.4 is 16.0 Å². The Morgan fingerprint density at radius 1 is 1.26 bits per heavy atom. The van der Waals surface area contributed by atoms with Gasteiger partial charge in [-0.2, -0.15) is 13.2 Å². The van der Waals surface area contributed by atoms with Gasteiger partial charge >= 0.3 is 6.18 Å². The van der Waals surface area contributed by atoms with Crippen LogP contribution in [0.5, 0.6) is 0 Å². The van der Waals surface area contributed by atoms with Gasteiger partial charge in [-0.05, 0) is 30.7 Å². The fraction of sp³-hybridized carbons (Fsp3) is 0.333. The Bertz CT molecular complexity index is 801. The van der Waals surface area contributed by atoms with E-state index >= 15 is 0 Å². The fourth-order valence-corrected chi connectivity index (χ4v) is 2.89. The van der Waals surface area contributed by atoms with Gasteiger partial charge in [0.15, 0.2) is 5.82 Å². The molecule has 27 heavy (non-hydrogen) atoms. The van der Waals surface area contributed by atoms with Crippen LogP contribution in [0.4, 0.5) is 24.7 Å². The quantitative estimate of drug-likeness (QED) is 0.672. The highest BCUT2D eigenvalue weighted by Gasteiger charge is 2.46. The van der Waals surface area contributed by atoms with Crippen molar-refractivity contribution in [2.45, 2.75) is 18.3 Å². The van der Waals surface area contributed by atoms with Gasteiger partial charge in [0.2, 0.25) is 5.66 Å². The van der Waals surface area contributed by atoms with E-state index in [1.54, 1.807) is 19.2 Å². The topological polar surface area (TPSA) is 75.3 Å². The van der Waals surface area contributed by atoms with Crippen LogP contribution >= 0.6 is 0 Å². The molecule has 2 aromatic rings. The minimum atomic E-state index is -4.52. The number of rotatable bonds is 6. The van der Waals surface area contributed by atoms with E-state index in [-0.39, 0.29) is 5.56 Å². The molecule has 0 saturated carbocycles. The first kappa shape index (κ1) is 19.0. The van der Waals surface area contributed by atoms with Crippen molar-refractivity contribution in [3.05, 3.63) is 53.7 Å². The number of hydrogen-bond acceptors (Lipinski definition) is 5. The molecule has 0 spiro atoms. The molecule has 0 radical (unpaired) electrons. The van der Waals surface area contributed by atoms with Crippen LogP contribution in [0.1, 0.15) is 17.5 Å². The molecule has 1 aromatic carbocycles. The zero-order valence-electron chi connectivity index (χ0n) is 14.6. The molecule has 0 aliphatic carbocycles. The smallest absolute Gasteiger partial charge is 0.385 e. The van der Waals surface area contributed by atoms with Crippen molar-refractivity contribution in [1.29, 1.82) is 0 Å². The van der Waals surface area contributed by atoms with E-state index in [1.165, 1.54) is 18.3 Å². The summed E-state index contributed by atoms with van der Waals surface area (Å²) in [6, 6.07) is 8.04. The molecule has 1 unspecified atom stereocenters. The maximum absolute atomic E-state index is 13.2. The zero-order chi connectivity index (χ0) is 19.5. The highest BCUT2D eigenvalue weighted by molar-refractivity contribution is 5.97. The number of amides is 1. The molecule has 1 aliphatic heterocycles. The summed E-state index contributed by atoms with van der Waals surface area (Å²) in [6.07, 6.45) is -2.41. The van der Waals surface area contributed by atoms with Gasteiger partial charge in [-0.15, -0.1) is 0 Å².